The molecule has 0 aromatic rings. The Morgan fingerprint density at radius 3 is 2.50 bits per heavy atom. The number of rotatable bonds is 5. The highest BCUT2D eigenvalue weighted by Crippen LogP contribution is 2.10. The molecule has 2 nitrogen and oxygen atoms in total. The first-order chi connectivity index (χ1) is 5.52. The maximum Gasteiger partial charge on any atom is 0.303 e. The average molecular weight is 170 g/mol. The van der Waals surface area contributed by atoms with E-state index in [0.717, 1.165) is 6.42 Å². The van der Waals surface area contributed by atoms with Gasteiger partial charge in [0.05, 0.1) is 0 Å². The summed E-state index contributed by atoms with van der Waals surface area (Å²) < 4.78 is 0. The molecule has 0 saturated heterocycles. The van der Waals surface area contributed by atoms with Gasteiger partial charge in [-0.3, -0.25) is 4.79 Å². The molecule has 0 aliphatic heterocycles. The van der Waals surface area contributed by atoms with Crippen molar-refractivity contribution in [3.05, 3.63) is 11.6 Å². The number of hydrogen-bond acceptors (Lipinski definition) is 1. The summed E-state index contributed by atoms with van der Waals surface area (Å²) >= 11 is 0. The Labute approximate surface area is 74.3 Å². The number of carboxylic acids is 1. The van der Waals surface area contributed by atoms with Gasteiger partial charge < -0.3 is 5.11 Å². The molecule has 0 aromatic heterocycles. The SMILES string of the molecule is C/C(=C\CCC(=O)O)CC(C)C. The molecule has 12 heavy (non-hydrogen) atoms. The monoisotopic (exact) mass is 170 g/mol. The van der Waals surface area contributed by atoms with Crippen LogP contribution in [0.5, 0.6) is 0 Å². The molecule has 0 saturated carbocycles. The third kappa shape index (κ3) is 7.32. The molecule has 70 valence electrons. The summed E-state index contributed by atoms with van der Waals surface area (Å²) in [5.41, 5.74) is 1.30. The third-order valence-corrected chi connectivity index (χ3v) is 1.58. The maximum atomic E-state index is 10.2. The van der Waals surface area contributed by atoms with Crippen LogP contribution in [0.1, 0.15) is 40.0 Å². The van der Waals surface area contributed by atoms with Gasteiger partial charge >= 0.3 is 5.97 Å². The fourth-order valence-corrected chi connectivity index (χ4v) is 1.17. The molecule has 0 fully saturated rings. The Kier molecular flexibility index (Phi) is 5.43. The van der Waals surface area contributed by atoms with Crippen LogP contribution in [0.4, 0.5) is 0 Å². The number of carboxylic acid groups (broad SMARTS) is 1. The van der Waals surface area contributed by atoms with Crippen LogP contribution in [0.3, 0.4) is 0 Å². The summed E-state index contributed by atoms with van der Waals surface area (Å²) in [6.07, 6.45) is 4.00. The van der Waals surface area contributed by atoms with Gasteiger partial charge in [0.15, 0.2) is 0 Å². The molecular formula is C10H18O2. The summed E-state index contributed by atoms with van der Waals surface area (Å²) in [5.74, 6) is -0.0605. The molecule has 0 atom stereocenters. The van der Waals surface area contributed by atoms with Crippen molar-refractivity contribution in [1.29, 1.82) is 0 Å². The van der Waals surface area contributed by atoms with Crippen LogP contribution in [0.2, 0.25) is 0 Å². The Hall–Kier alpha value is -0.790. The molecular weight excluding hydrogens is 152 g/mol. The van der Waals surface area contributed by atoms with Crippen molar-refractivity contribution in [2.45, 2.75) is 40.0 Å². The molecule has 0 aromatic carbocycles. The van der Waals surface area contributed by atoms with Crippen LogP contribution >= 0.6 is 0 Å². The summed E-state index contributed by atoms with van der Waals surface area (Å²) in [5, 5.41) is 8.38. The second kappa shape index (κ2) is 5.81. The van der Waals surface area contributed by atoms with Crippen LogP contribution in [-0.4, -0.2) is 11.1 Å². The van der Waals surface area contributed by atoms with Gasteiger partial charge in [-0.15, -0.1) is 0 Å². The third-order valence-electron chi connectivity index (χ3n) is 1.58. The van der Waals surface area contributed by atoms with Gasteiger partial charge in [0.1, 0.15) is 0 Å². The first kappa shape index (κ1) is 11.2. The van der Waals surface area contributed by atoms with Gasteiger partial charge in [0, 0.05) is 6.42 Å². The van der Waals surface area contributed by atoms with Crippen LogP contribution in [0.25, 0.3) is 0 Å². The van der Waals surface area contributed by atoms with Gasteiger partial charge in [0.25, 0.3) is 0 Å². The van der Waals surface area contributed by atoms with E-state index in [1.54, 1.807) is 0 Å². The molecule has 0 bridgehead atoms. The van der Waals surface area contributed by atoms with Crippen molar-refractivity contribution in [2.75, 3.05) is 0 Å². The zero-order valence-corrected chi connectivity index (χ0v) is 8.13. The maximum absolute atomic E-state index is 10.2. The number of allylic oxidation sites excluding steroid dienone is 2. The lowest BCUT2D eigenvalue weighted by Crippen LogP contribution is -1.93. The minimum atomic E-state index is -0.719. The average Bonchev–Trinajstić information content (AvgIpc) is 1.84. The molecule has 0 amide bonds. The number of carbonyl (C=O) groups is 1. The Morgan fingerprint density at radius 2 is 2.08 bits per heavy atom. The van der Waals surface area contributed by atoms with E-state index in [4.69, 9.17) is 5.11 Å². The first-order valence-electron chi connectivity index (χ1n) is 4.39. The van der Waals surface area contributed by atoms with E-state index in [1.807, 2.05) is 6.08 Å². The van der Waals surface area contributed by atoms with Crippen molar-refractivity contribution >= 4 is 5.97 Å². The minimum Gasteiger partial charge on any atom is -0.481 e. The highest BCUT2D eigenvalue weighted by molar-refractivity contribution is 5.66. The van der Waals surface area contributed by atoms with Crippen molar-refractivity contribution in [3.63, 3.8) is 0 Å². The van der Waals surface area contributed by atoms with Gasteiger partial charge in [-0.05, 0) is 25.7 Å². The van der Waals surface area contributed by atoms with E-state index in [1.165, 1.54) is 5.57 Å². The Bertz CT molecular complexity index is 169. The largest absolute Gasteiger partial charge is 0.481 e. The van der Waals surface area contributed by atoms with E-state index in [2.05, 4.69) is 20.8 Å². The fraction of sp³-hybridized carbons (Fsp3) is 0.700. The summed E-state index contributed by atoms with van der Waals surface area (Å²) in [4.78, 5) is 10.2. The van der Waals surface area contributed by atoms with Crippen LogP contribution < -0.4 is 0 Å². The smallest absolute Gasteiger partial charge is 0.303 e. The quantitative estimate of drug-likeness (QED) is 0.644. The zero-order valence-electron chi connectivity index (χ0n) is 8.13. The first-order valence-corrected chi connectivity index (χ1v) is 4.39. The van der Waals surface area contributed by atoms with Crippen molar-refractivity contribution in [3.8, 4) is 0 Å². The molecule has 2 heteroatoms. The Balaban J connectivity index is 3.62. The standard InChI is InChI=1S/C10H18O2/c1-8(2)7-9(3)5-4-6-10(11)12/h5,8H,4,6-7H2,1-3H3,(H,11,12)/b9-5+. The predicted octanol–water partition coefficient (Wildman–Crippen LogP) is 2.84. The van der Waals surface area contributed by atoms with Crippen LogP contribution in [0, 0.1) is 5.92 Å². The lowest BCUT2D eigenvalue weighted by Gasteiger charge is -2.03. The second-order valence-corrected chi connectivity index (χ2v) is 3.58. The molecule has 0 spiro atoms. The number of aliphatic carboxylic acids is 1. The topological polar surface area (TPSA) is 37.3 Å². The summed E-state index contributed by atoms with van der Waals surface area (Å²) in [7, 11) is 0. The summed E-state index contributed by atoms with van der Waals surface area (Å²) in [6.45, 7) is 6.38. The highest BCUT2D eigenvalue weighted by atomic mass is 16.4. The van der Waals surface area contributed by atoms with Crippen LogP contribution in [-0.2, 0) is 4.79 Å². The minimum absolute atomic E-state index is 0.245. The molecule has 0 rings (SSSR count). The van der Waals surface area contributed by atoms with E-state index in [-0.39, 0.29) is 6.42 Å². The normalized spacial score (nSPS) is 12.2. The van der Waals surface area contributed by atoms with E-state index >= 15 is 0 Å². The fourth-order valence-electron chi connectivity index (χ4n) is 1.17. The Morgan fingerprint density at radius 1 is 1.50 bits per heavy atom. The van der Waals surface area contributed by atoms with E-state index in [9.17, 15) is 4.79 Å². The molecule has 0 aliphatic carbocycles. The van der Waals surface area contributed by atoms with Crippen molar-refractivity contribution in [2.24, 2.45) is 5.92 Å². The molecule has 0 aliphatic rings. The number of hydrogen-bond donors (Lipinski definition) is 1. The zero-order chi connectivity index (χ0) is 9.56. The van der Waals surface area contributed by atoms with Gasteiger partial charge in [-0.25, -0.2) is 0 Å². The molecule has 0 radical (unpaired) electrons. The predicted molar refractivity (Wildman–Crippen MR) is 50.1 cm³/mol. The molecule has 0 unspecified atom stereocenters. The van der Waals surface area contributed by atoms with Gasteiger partial charge in [-0.1, -0.05) is 25.5 Å². The van der Waals surface area contributed by atoms with Crippen molar-refractivity contribution < 1.29 is 9.90 Å². The lowest BCUT2D eigenvalue weighted by atomic mass is 10.0. The molecule has 0 heterocycles. The van der Waals surface area contributed by atoms with E-state index < -0.39 is 5.97 Å². The highest BCUT2D eigenvalue weighted by Gasteiger charge is 1.97. The molecule has 1 N–H and O–H groups in total. The van der Waals surface area contributed by atoms with E-state index in [0.29, 0.717) is 12.3 Å². The van der Waals surface area contributed by atoms with Crippen LogP contribution in [0.15, 0.2) is 11.6 Å². The van der Waals surface area contributed by atoms with Gasteiger partial charge in [-0.2, -0.15) is 0 Å². The summed E-state index contributed by atoms with van der Waals surface area (Å²) in [6, 6.07) is 0. The lowest BCUT2D eigenvalue weighted by molar-refractivity contribution is -0.136. The van der Waals surface area contributed by atoms with Crippen molar-refractivity contribution in [1.82, 2.24) is 0 Å². The second-order valence-electron chi connectivity index (χ2n) is 3.58. The van der Waals surface area contributed by atoms with Gasteiger partial charge in [0.2, 0.25) is 0 Å².